The van der Waals surface area contributed by atoms with Crippen molar-refractivity contribution in [2.45, 2.75) is 20.4 Å². The Morgan fingerprint density at radius 1 is 1.32 bits per heavy atom. The van der Waals surface area contributed by atoms with Gasteiger partial charge in [0.05, 0.1) is 16.6 Å². The summed E-state index contributed by atoms with van der Waals surface area (Å²) in [4.78, 5) is 4.17. The predicted molar refractivity (Wildman–Crippen MR) is 94.6 cm³/mol. The van der Waals surface area contributed by atoms with Crippen LogP contribution >= 0.6 is 35.4 Å². The first-order valence-electron chi connectivity index (χ1n) is 6.82. The van der Waals surface area contributed by atoms with E-state index in [0.717, 1.165) is 12.1 Å². The number of thiocarbonyl (C=S) groups is 1. The number of anilines is 1. The fourth-order valence-electron chi connectivity index (χ4n) is 1.70. The standard InChI is InChI=1S/C14H17Cl2N5S/c1-9(2)6-17-14(22)19-13-18-8-21(20-13)7-10-3-4-11(15)12(16)5-10/h3-5,8-9H,6-7H2,1-2H3,(H2,17,19,20,22). The summed E-state index contributed by atoms with van der Waals surface area (Å²) in [6, 6.07) is 5.48. The van der Waals surface area contributed by atoms with Crippen LogP contribution in [0.3, 0.4) is 0 Å². The Morgan fingerprint density at radius 2 is 2.09 bits per heavy atom. The number of nitrogens with one attached hydrogen (secondary N) is 2. The van der Waals surface area contributed by atoms with E-state index in [1.165, 1.54) is 0 Å². The largest absolute Gasteiger partial charge is 0.362 e. The molecule has 0 spiro atoms. The molecule has 22 heavy (non-hydrogen) atoms. The molecule has 118 valence electrons. The van der Waals surface area contributed by atoms with Gasteiger partial charge in [0.1, 0.15) is 6.33 Å². The van der Waals surface area contributed by atoms with Crippen molar-refractivity contribution < 1.29 is 0 Å². The van der Waals surface area contributed by atoms with Gasteiger partial charge in [-0.25, -0.2) is 9.67 Å². The van der Waals surface area contributed by atoms with Gasteiger partial charge in [-0.05, 0) is 35.8 Å². The molecule has 2 rings (SSSR count). The Labute approximate surface area is 145 Å². The number of halogens is 2. The number of aromatic nitrogens is 3. The van der Waals surface area contributed by atoms with Gasteiger partial charge < -0.3 is 5.32 Å². The van der Waals surface area contributed by atoms with E-state index in [4.69, 9.17) is 35.4 Å². The summed E-state index contributed by atoms with van der Waals surface area (Å²) < 4.78 is 1.70. The minimum absolute atomic E-state index is 0.460. The molecule has 8 heteroatoms. The molecule has 1 aromatic heterocycles. The molecular formula is C14H17Cl2N5S. The van der Waals surface area contributed by atoms with Gasteiger partial charge in [-0.15, -0.1) is 5.10 Å². The third-order valence-electron chi connectivity index (χ3n) is 2.76. The molecule has 0 atom stereocenters. The molecule has 0 saturated heterocycles. The van der Waals surface area contributed by atoms with Gasteiger partial charge in [-0.2, -0.15) is 0 Å². The predicted octanol–water partition coefficient (Wildman–Crippen LogP) is 3.58. The molecule has 0 unspecified atom stereocenters. The average Bonchev–Trinajstić information content (AvgIpc) is 2.88. The maximum Gasteiger partial charge on any atom is 0.248 e. The summed E-state index contributed by atoms with van der Waals surface area (Å²) in [5, 5.41) is 11.9. The van der Waals surface area contributed by atoms with Crippen molar-refractivity contribution in [3.8, 4) is 0 Å². The molecule has 2 N–H and O–H groups in total. The van der Waals surface area contributed by atoms with Crippen LogP contribution in [-0.4, -0.2) is 26.4 Å². The maximum absolute atomic E-state index is 6.00. The lowest BCUT2D eigenvalue weighted by molar-refractivity contribution is 0.627. The summed E-state index contributed by atoms with van der Waals surface area (Å²) in [6.07, 6.45) is 1.63. The Balaban J connectivity index is 1.93. The number of rotatable bonds is 5. The zero-order valence-corrected chi connectivity index (χ0v) is 14.6. The molecule has 0 amide bonds. The summed E-state index contributed by atoms with van der Waals surface area (Å²) in [7, 11) is 0. The number of hydrogen-bond donors (Lipinski definition) is 2. The molecule has 1 aromatic carbocycles. The van der Waals surface area contributed by atoms with E-state index in [-0.39, 0.29) is 0 Å². The van der Waals surface area contributed by atoms with Gasteiger partial charge in [0.2, 0.25) is 5.95 Å². The Morgan fingerprint density at radius 3 is 2.77 bits per heavy atom. The highest BCUT2D eigenvalue weighted by Crippen LogP contribution is 2.22. The summed E-state index contributed by atoms with van der Waals surface area (Å²) in [6.45, 7) is 5.58. The molecule has 0 aliphatic rings. The van der Waals surface area contributed by atoms with Gasteiger partial charge in [0, 0.05) is 6.54 Å². The number of hydrogen-bond acceptors (Lipinski definition) is 3. The lowest BCUT2D eigenvalue weighted by atomic mass is 10.2. The first-order chi connectivity index (χ1) is 10.4. The third kappa shape index (κ3) is 5.12. The molecule has 0 bridgehead atoms. The second-order valence-electron chi connectivity index (χ2n) is 5.24. The van der Waals surface area contributed by atoms with Crippen molar-refractivity contribution in [2.24, 2.45) is 5.92 Å². The summed E-state index contributed by atoms with van der Waals surface area (Å²) in [5.41, 5.74) is 0.992. The molecule has 2 aromatic rings. The van der Waals surface area contributed by atoms with E-state index >= 15 is 0 Å². The zero-order chi connectivity index (χ0) is 16.1. The maximum atomic E-state index is 6.00. The number of nitrogens with zero attached hydrogens (tertiary/aromatic N) is 3. The van der Waals surface area contributed by atoms with Crippen LogP contribution < -0.4 is 10.6 Å². The van der Waals surface area contributed by atoms with Gasteiger partial charge >= 0.3 is 0 Å². The fourth-order valence-corrected chi connectivity index (χ4v) is 2.19. The van der Waals surface area contributed by atoms with E-state index < -0.39 is 0 Å². The first kappa shape index (κ1) is 17.0. The second kappa shape index (κ2) is 7.76. The molecule has 1 heterocycles. The smallest absolute Gasteiger partial charge is 0.248 e. The normalized spacial score (nSPS) is 10.8. The lowest BCUT2D eigenvalue weighted by Crippen LogP contribution is -2.31. The van der Waals surface area contributed by atoms with Crippen LogP contribution in [0.2, 0.25) is 10.0 Å². The van der Waals surface area contributed by atoms with Crippen molar-refractivity contribution in [2.75, 3.05) is 11.9 Å². The van der Waals surface area contributed by atoms with Gasteiger partial charge in [0.15, 0.2) is 5.11 Å². The highest BCUT2D eigenvalue weighted by Gasteiger charge is 2.05. The topological polar surface area (TPSA) is 54.8 Å². The van der Waals surface area contributed by atoms with E-state index in [0.29, 0.717) is 33.6 Å². The van der Waals surface area contributed by atoms with Crippen molar-refractivity contribution in [3.05, 3.63) is 40.1 Å². The van der Waals surface area contributed by atoms with Gasteiger partial charge in [0.25, 0.3) is 0 Å². The molecule has 0 radical (unpaired) electrons. The van der Waals surface area contributed by atoms with Crippen LogP contribution in [0.5, 0.6) is 0 Å². The second-order valence-corrected chi connectivity index (χ2v) is 6.47. The van der Waals surface area contributed by atoms with Gasteiger partial charge in [-0.1, -0.05) is 43.1 Å². The van der Waals surface area contributed by atoms with E-state index in [1.807, 2.05) is 12.1 Å². The fraction of sp³-hybridized carbons (Fsp3) is 0.357. The van der Waals surface area contributed by atoms with Crippen LogP contribution in [0.25, 0.3) is 0 Å². The Bertz CT molecular complexity index is 656. The molecule has 0 aliphatic carbocycles. The minimum Gasteiger partial charge on any atom is -0.362 e. The van der Waals surface area contributed by atoms with Crippen molar-refractivity contribution >= 4 is 46.5 Å². The molecule has 0 aliphatic heterocycles. The average molecular weight is 358 g/mol. The lowest BCUT2D eigenvalue weighted by Gasteiger charge is -2.09. The van der Waals surface area contributed by atoms with E-state index in [9.17, 15) is 0 Å². The zero-order valence-electron chi connectivity index (χ0n) is 12.3. The van der Waals surface area contributed by atoms with E-state index in [2.05, 4.69) is 34.6 Å². The van der Waals surface area contributed by atoms with E-state index in [1.54, 1.807) is 17.1 Å². The molecule has 5 nitrogen and oxygen atoms in total. The third-order valence-corrected chi connectivity index (χ3v) is 3.75. The van der Waals surface area contributed by atoms with Crippen molar-refractivity contribution in [3.63, 3.8) is 0 Å². The molecule has 0 saturated carbocycles. The first-order valence-corrected chi connectivity index (χ1v) is 7.98. The van der Waals surface area contributed by atoms with Gasteiger partial charge in [-0.3, -0.25) is 5.32 Å². The number of benzene rings is 1. The minimum atomic E-state index is 0.460. The molecule has 0 fully saturated rings. The summed E-state index contributed by atoms with van der Waals surface area (Å²) >= 11 is 17.1. The van der Waals surface area contributed by atoms with Crippen LogP contribution in [0.1, 0.15) is 19.4 Å². The highest BCUT2D eigenvalue weighted by molar-refractivity contribution is 7.80. The van der Waals surface area contributed by atoms with Crippen molar-refractivity contribution in [1.82, 2.24) is 20.1 Å². The van der Waals surface area contributed by atoms with Crippen LogP contribution in [0.4, 0.5) is 5.95 Å². The Hall–Kier alpha value is -1.37. The quantitative estimate of drug-likeness (QED) is 0.801. The Kier molecular flexibility index (Phi) is 5.99. The monoisotopic (exact) mass is 357 g/mol. The highest BCUT2D eigenvalue weighted by atomic mass is 35.5. The van der Waals surface area contributed by atoms with Crippen LogP contribution in [0.15, 0.2) is 24.5 Å². The van der Waals surface area contributed by atoms with Crippen molar-refractivity contribution in [1.29, 1.82) is 0 Å². The summed E-state index contributed by atoms with van der Waals surface area (Å²) in [5.74, 6) is 0.973. The molecular weight excluding hydrogens is 341 g/mol. The van der Waals surface area contributed by atoms with Crippen LogP contribution in [-0.2, 0) is 6.54 Å². The van der Waals surface area contributed by atoms with Crippen LogP contribution in [0, 0.1) is 5.92 Å². The SMILES string of the molecule is CC(C)CNC(=S)Nc1ncn(Cc2ccc(Cl)c(Cl)c2)n1.